The van der Waals surface area contributed by atoms with E-state index in [1.54, 1.807) is 0 Å². The maximum atomic E-state index is 11.9. The van der Waals surface area contributed by atoms with Gasteiger partial charge < -0.3 is 10.6 Å². The minimum Gasteiger partial charge on any atom is -0.355 e. The number of hydrogen-bond donors (Lipinski definition) is 2. The van der Waals surface area contributed by atoms with Gasteiger partial charge in [-0.25, -0.2) is 0 Å². The number of rotatable bonds is 7. The lowest BCUT2D eigenvalue weighted by molar-refractivity contribution is -0.123. The van der Waals surface area contributed by atoms with Crippen LogP contribution < -0.4 is 10.6 Å². The summed E-state index contributed by atoms with van der Waals surface area (Å²) >= 11 is 0. The zero-order valence-electron chi connectivity index (χ0n) is 12.5. The molecule has 3 nitrogen and oxygen atoms in total. The standard InChI is InChI=1S/C15H30N2O/c1-11(2)9-10-16-15(18)13(4)17-12(3)14-7-5-6-8-14/h11-14,17H,5-10H2,1-4H3,(H,16,18)/t12-,13?/m1/s1. The summed E-state index contributed by atoms with van der Waals surface area (Å²) in [5.74, 6) is 1.54. The molecule has 1 aliphatic carbocycles. The number of amides is 1. The molecule has 0 bridgehead atoms. The van der Waals surface area contributed by atoms with Crippen molar-refractivity contribution in [2.24, 2.45) is 11.8 Å². The highest BCUT2D eigenvalue weighted by molar-refractivity contribution is 5.81. The van der Waals surface area contributed by atoms with Crippen molar-refractivity contribution in [3.05, 3.63) is 0 Å². The van der Waals surface area contributed by atoms with E-state index in [1.165, 1.54) is 25.7 Å². The normalized spacial score (nSPS) is 20.1. The molecule has 1 aliphatic rings. The zero-order valence-corrected chi connectivity index (χ0v) is 12.5. The van der Waals surface area contributed by atoms with E-state index in [4.69, 9.17) is 0 Å². The number of carbonyl (C=O) groups excluding carboxylic acids is 1. The topological polar surface area (TPSA) is 41.1 Å². The largest absolute Gasteiger partial charge is 0.355 e. The number of hydrogen-bond acceptors (Lipinski definition) is 2. The maximum Gasteiger partial charge on any atom is 0.236 e. The van der Waals surface area contributed by atoms with E-state index in [1.807, 2.05) is 6.92 Å². The zero-order chi connectivity index (χ0) is 13.5. The summed E-state index contributed by atoms with van der Waals surface area (Å²) in [6.45, 7) is 9.33. The van der Waals surface area contributed by atoms with Gasteiger partial charge in [0, 0.05) is 12.6 Å². The van der Waals surface area contributed by atoms with Gasteiger partial charge in [0.1, 0.15) is 0 Å². The lowest BCUT2D eigenvalue weighted by Crippen LogP contribution is -2.47. The highest BCUT2D eigenvalue weighted by atomic mass is 16.2. The molecule has 3 heteroatoms. The summed E-state index contributed by atoms with van der Waals surface area (Å²) in [5.41, 5.74) is 0. The molecule has 18 heavy (non-hydrogen) atoms. The van der Waals surface area contributed by atoms with Crippen LogP contribution in [0.4, 0.5) is 0 Å². The van der Waals surface area contributed by atoms with E-state index in [9.17, 15) is 4.79 Å². The van der Waals surface area contributed by atoms with Crippen molar-refractivity contribution in [2.45, 2.75) is 71.9 Å². The molecule has 1 rings (SSSR count). The Bertz CT molecular complexity index is 247. The highest BCUT2D eigenvalue weighted by Crippen LogP contribution is 2.27. The van der Waals surface area contributed by atoms with Crippen LogP contribution in [0.15, 0.2) is 0 Å². The third-order valence-electron chi connectivity index (χ3n) is 4.03. The number of nitrogens with one attached hydrogen (secondary N) is 2. The number of carbonyl (C=O) groups is 1. The molecule has 1 saturated carbocycles. The van der Waals surface area contributed by atoms with Crippen LogP contribution in [0.5, 0.6) is 0 Å². The van der Waals surface area contributed by atoms with Gasteiger partial charge >= 0.3 is 0 Å². The lowest BCUT2D eigenvalue weighted by Gasteiger charge is -2.24. The third kappa shape index (κ3) is 5.38. The fourth-order valence-electron chi connectivity index (χ4n) is 2.70. The fraction of sp³-hybridized carbons (Fsp3) is 0.933. The monoisotopic (exact) mass is 254 g/mol. The van der Waals surface area contributed by atoms with Crippen LogP contribution >= 0.6 is 0 Å². The second-order valence-electron chi connectivity index (χ2n) is 6.20. The van der Waals surface area contributed by atoms with Crippen LogP contribution in [-0.4, -0.2) is 24.5 Å². The van der Waals surface area contributed by atoms with Crippen LogP contribution in [-0.2, 0) is 4.79 Å². The molecule has 0 aromatic rings. The summed E-state index contributed by atoms with van der Waals surface area (Å²) in [4.78, 5) is 11.9. The van der Waals surface area contributed by atoms with Crippen molar-refractivity contribution in [1.29, 1.82) is 0 Å². The third-order valence-corrected chi connectivity index (χ3v) is 4.03. The molecule has 2 N–H and O–H groups in total. The van der Waals surface area contributed by atoms with Gasteiger partial charge in [-0.1, -0.05) is 26.7 Å². The van der Waals surface area contributed by atoms with E-state index in [0.717, 1.165) is 18.9 Å². The van der Waals surface area contributed by atoms with Crippen molar-refractivity contribution in [1.82, 2.24) is 10.6 Å². The van der Waals surface area contributed by atoms with Gasteiger partial charge in [-0.2, -0.15) is 0 Å². The molecule has 0 aromatic carbocycles. The Morgan fingerprint density at radius 2 is 1.78 bits per heavy atom. The second-order valence-corrected chi connectivity index (χ2v) is 6.20. The van der Waals surface area contributed by atoms with E-state index in [0.29, 0.717) is 12.0 Å². The average Bonchev–Trinajstić information content (AvgIpc) is 2.81. The first kappa shape index (κ1) is 15.5. The van der Waals surface area contributed by atoms with Crippen molar-refractivity contribution in [2.75, 3.05) is 6.54 Å². The first-order valence-electron chi connectivity index (χ1n) is 7.54. The Morgan fingerprint density at radius 3 is 2.33 bits per heavy atom. The van der Waals surface area contributed by atoms with Gasteiger partial charge in [-0.3, -0.25) is 4.79 Å². The van der Waals surface area contributed by atoms with E-state index >= 15 is 0 Å². The molecule has 0 heterocycles. The smallest absolute Gasteiger partial charge is 0.236 e. The molecule has 0 saturated heterocycles. The van der Waals surface area contributed by atoms with Gasteiger partial charge in [0.05, 0.1) is 6.04 Å². The van der Waals surface area contributed by atoms with Crippen molar-refractivity contribution in [3.63, 3.8) is 0 Å². The molecule has 1 fully saturated rings. The molecule has 0 spiro atoms. The molecule has 0 aromatic heterocycles. The van der Waals surface area contributed by atoms with Gasteiger partial charge in [-0.05, 0) is 44.9 Å². The minimum atomic E-state index is -0.0761. The Kier molecular flexibility index (Phi) is 6.69. The molecule has 0 radical (unpaired) electrons. The average molecular weight is 254 g/mol. The first-order chi connectivity index (χ1) is 8.50. The van der Waals surface area contributed by atoms with Crippen LogP contribution in [0.2, 0.25) is 0 Å². The summed E-state index contributed by atoms with van der Waals surface area (Å²) in [6, 6.07) is 0.381. The Morgan fingerprint density at radius 1 is 1.17 bits per heavy atom. The molecule has 0 aliphatic heterocycles. The van der Waals surface area contributed by atoms with Crippen LogP contribution in [0.25, 0.3) is 0 Å². The summed E-state index contributed by atoms with van der Waals surface area (Å²) in [6.07, 6.45) is 6.39. The molecule has 106 valence electrons. The fourth-order valence-corrected chi connectivity index (χ4v) is 2.70. The molecule has 2 atom stereocenters. The predicted molar refractivity (Wildman–Crippen MR) is 76.5 cm³/mol. The summed E-state index contributed by atoms with van der Waals surface area (Å²) in [7, 11) is 0. The summed E-state index contributed by atoms with van der Waals surface area (Å²) in [5, 5.41) is 6.46. The van der Waals surface area contributed by atoms with E-state index < -0.39 is 0 Å². The lowest BCUT2D eigenvalue weighted by atomic mass is 9.99. The van der Waals surface area contributed by atoms with E-state index in [2.05, 4.69) is 31.4 Å². The van der Waals surface area contributed by atoms with Gasteiger partial charge in [-0.15, -0.1) is 0 Å². The van der Waals surface area contributed by atoms with Crippen molar-refractivity contribution < 1.29 is 4.79 Å². The Labute approximate surface area is 112 Å². The van der Waals surface area contributed by atoms with Crippen LogP contribution in [0.1, 0.15) is 59.8 Å². The van der Waals surface area contributed by atoms with Gasteiger partial charge in [0.15, 0.2) is 0 Å². The summed E-state index contributed by atoms with van der Waals surface area (Å²) < 4.78 is 0. The van der Waals surface area contributed by atoms with Gasteiger partial charge in [0.2, 0.25) is 5.91 Å². The minimum absolute atomic E-state index is 0.0761. The molecular weight excluding hydrogens is 224 g/mol. The SMILES string of the molecule is CC(C)CCNC(=O)C(C)N[C@H](C)C1CCCC1. The first-order valence-corrected chi connectivity index (χ1v) is 7.54. The van der Waals surface area contributed by atoms with Crippen LogP contribution in [0.3, 0.4) is 0 Å². The maximum absolute atomic E-state index is 11.9. The van der Waals surface area contributed by atoms with Crippen LogP contribution in [0, 0.1) is 11.8 Å². The highest BCUT2D eigenvalue weighted by Gasteiger charge is 2.24. The molecule has 1 unspecified atom stereocenters. The van der Waals surface area contributed by atoms with Crippen molar-refractivity contribution in [3.8, 4) is 0 Å². The Hall–Kier alpha value is -0.570. The second kappa shape index (κ2) is 7.78. The van der Waals surface area contributed by atoms with E-state index in [-0.39, 0.29) is 11.9 Å². The predicted octanol–water partition coefficient (Wildman–Crippen LogP) is 2.71. The molecular formula is C15H30N2O. The van der Waals surface area contributed by atoms with Gasteiger partial charge in [0.25, 0.3) is 0 Å². The Balaban J connectivity index is 2.21. The van der Waals surface area contributed by atoms with Crippen molar-refractivity contribution >= 4 is 5.91 Å². The quantitative estimate of drug-likeness (QED) is 0.733. The molecule has 1 amide bonds.